The first-order valence-corrected chi connectivity index (χ1v) is 10.7. The Morgan fingerprint density at radius 2 is 1.89 bits per heavy atom. The van der Waals surface area contributed by atoms with E-state index in [-0.39, 0.29) is 21.4 Å². The Morgan fingerprint density at radius 3 is 2.54 bits per heavy atom. The molecular formula is C16H13ClN6O3S2. The van der Waals surface area contributed by atoms with Crippen molar-refractivity contribution in [3.05, 3.63) is 59.8 Å². The number of sulfonamides is 1. The number of nitrogens with one attached hydrogen (secondary N) is 2. The first-order chi connectivity index (χ1) is 13.4. The summed E-state index contributed by atoms with van der Waals surface area (Å²) in [4.78, 5) is 28.0. The maximum Gasteiger partial charge on any atom is 0.275 e. The minimum atomic E-state index is -3.82. The van der Waals surface area contributed by atoms with E-state index in [1.54, 1.807) is 6.26 Å². The fourth-order valence-corrected chi connectivity index (χ4v) is 3.59. The summed E-state index contributed by atoms with van der Waals surface area (Å²) in [5.74, 6) is -0.382. The summed E-state index contributed by atoms with van der Waals surface area (Å²) in [7, 11) is -3.82. The van der Waals surface area contributed by atoms with Gasteiger partial charge in [0.1, 0.15) is 12.1 Å². The number of thioether (sulfide) groups is 1. The molecule has 12 heteroatoms. The molecule has 1 amide bonds. The topological polar surface area (TPSA) is 127 Å². The Balaban J connectivity index is 1.75. The number of halogens is 1. The minimum Gasteiger partial charge on any atom is -0.321 e. The second-order valence-corrected chi connectivity index (χ2v) is 8.09. The summed E-state index contributed by atoms with van der Waals surface area (Å²) < 4.78 is 27.1. The predicted octanol–water partition coefficient (Wildman–Crippen LogP) is 2.70. The molecule has 0 fully saturated rings. The highest BCUT2D eigenvalue weighted by Crippen LogP contribution is 2.20. The lowest BCUT2D eigenvalue weighted by atomic mass is 10.3. The van der Waals surface area contributed by atoms with E-state index < -0.39 is 15.9 Å². The van der Waals surface area contributed by atoms with Crippen LogP contribution in [0.1, 0.15) is 10.5 Å². The fourth-order valence-electron chi connectivity index (χ4n) is 2.06. The fraction of sp³-hybridized carbons (Fsp3) is 0.0625. The molecule has 0 saturated carbocycles. The van der Waals surface area contributed by atoms with E-state index >= 15 is 0 Å². The predicted molar refractivity (Wildman–Crippen MR) is 106 cm³/mol. The number of aromatic nitrogens is 4. The van der Waals surface area contributed by atoms with E-state index in [4.69, 9.17) is 11.6 Å². The molecule has 1 aromatic carbocycles. The van der Waals surface area contributed by atoms with Crippen molar-refractivity contribution in [1.82, 2.24) is 19.9 Å². The third kappa shape index (κ3) is 4.74. The maximum atomic E-state index is 12.4. The van der Waals surface area contributed by atoms with Crippen molar-refractivity contribution in [1.29, 1.82) is 0 Å². The van der Waals surface area contributed by atoms with Crippen molar-refractivity contribution >= 4 is 50.8 Å². The Labute approximate surface area is 170 Å². The van der Waals surface area contributed by atoms with E-state index in [1.807, 2.05) is 0 Å². The van der Waals surface area contributed by atoms with Crippen molar-refractivity contribution in [3.63, 3.8) is 0 Å². The van der Waals surface area contributed by atoms with Gasteiger partial charge in [-0.2, -0.15) is 0 Å². The van der Waals surface area contributed by atoms with Crippen LogP contribution in [0.3, 0.4) is 0 Å². The molecule has 144 valence electrons. The van der Waals surface area contributed by atoms with Crippen LogP contribution in [0.2, 0.25) is 5.02 Å². The van der Waals surface area contributed by atoms with E-state index in [0.29, 0.717) is 10.8 Å². The highest BCUT2D eigenvalue weighted by atomic mass is 35.5. The van der Waals surface area contributed by atoms with E-state index in [9.17, 15) is 13.2 Å². The average Bonchev–Trinajstić information content (AvgIpc) is 2.69. The van der Waals surface area contributed by atoms with E-state index in [2.05, 4.69) is 30.0 Å². The molecule has 0 bridgehead atoms. The van der Waals surface area contributed by atoms with Crippen molar-refractivity contribution in [2.24, 2.45) is 0 Å². The number of carbonyl (C=O) groups is 1. The average molecular weight is 437 g/mol. The van der Waals surface area contributed by atoms with Crippen LogP contribution in [0.15, 0.2) is 59.1 Å². The van der Waals surface area contributed by atoms with Gasteiger partial charge < -0.3 is 5.32 Å². The third-order valence-electron chi connectivity index (χ3n) is 3.36. The molecule has 0 aliphatic carbocycles. The highest BCUT2D eigenvalue weighted by molar-refractivity contribution is 7.98. The molecule has 3 rings (SSSR count). The summed E-state index contributed by atoms with van der Waals surface area (Å²) in [5, 5.41) is 3.14. The number of anilines is 2. The van der Waals surface area contributed by atoms with Gasteiger partial charge in [0.15, 0.2) is 10.9 Å². The molecule has 0 unspecified atom stereocenters. The van der Waals surface area contributed by atoms with Crippen LogP contribution in [0, 0.1) is 0 Å². The molecule has 9 nitrogen and oxygen atoms in total. The Morgan fingerprint density at radius 1 is 1.14 bits per heavy atom. The van der Waals surface area contributed by atoms with Gasteiger partial charge >= 0.3 is 0 Å². The largest absolute Gasteiger partial charge is 0.321 e. The van der Waals surface area contributed by atoms with Crippen LogP contribution < -0.4 is 10.0 Å². The quantitative estimate of drug-likeness (QED) is 0.446. The molecule has 0 aliphatic heterocycles. The summed E-state index contributed by atoms with van der Waals surface area (Å²) in [6.07, 6.45) is 5.78. The van der Waals surface area contributed by atoms with Crippen molar-refractivity contribution < 1.29 is 13.2 Å². The Hall–Kier alpha value is -2.76. The lowest BCUT2D eigenvalue weighted by Crippen LogP contribution is -2.16. The zero-order chi connectivity index (χ0) is 20.1. The summed E-state index contributed by atoms with van der Waals surface area (Å²) in [6.45, 7) is 0. The molecule has 2 heterocycles. The van der Waals surface area contributed by atoms with Gasteiger partial charge in [-0.25, -0.2) is 28.4 Å². The SMILES string of the molecule is CSc1ncc(Cl)c(C(=O)Nc2ccc(S(=O)(=O)Nc3ccncn3)cc2)n1. The zero-order valence-electron chi connectivity index (χ0n) is 14.3. The van der Waals surface area contributed by atoms with Gasteiger partial charge in [0, 0.05) is 11.9 Å². The van der Waals surface area contributed by atoms with Gasteiger partial charge in [0.25, 0.3) is 15.9 Å². The van der Waals surface area contributed by atoms with Gasteiger partial charge in [0.05, 0.1) is 16.1 Å². The van der Waals surface area contributed by atoms with Crippen molar-refractivity contribution in [2.45, 2.75) is 10.1 Å². The smallest absolute Gasteiger partial charge is 0.275 e. The highest BCUT2D eigenvalue weighted by Gasteiger charge is 2.17. The number of amides is 1. The summed E-state index contributed by atoms with van der Waals surface area (Å²) in [6, 6.07) is 7.05. The normalized spacial score (nSPS) is 11.1. The number of hydrogen-bond donors (Lipinski definition) is 2. The van der Waals surface area contributed by atoms with Crippen LogP contribution in [-0.4, -0.2) is 40.5 Å². The Kier molecular flexibility index (Phi) is 6.07. The molecule has 0 radical (unpaired) electrons. The number of carbonyl (C=O) groups excluding carboxylic acids is 1. The number of hydrogen-bond acceptors (Lipinski definition) is 8. The molecule has 0 aliphatic rings. The zero-order valence-corrected chi connectivity index (χ0v) is 16.7. The molecule has 0 saturated heterocycles. The molecular weight excluding hydrogens is 424 g/mol. The molecule has 0 spiro atoms. The number of rotatable bonds is 6. The Bertz CT molecular complexity index is 1100. The van der Waals surface area contributed by atoms with Crippen LogP contribution in [0.25, 0.3) is 0 Å². The maximum absolute atomic E-state index is 12.4. The monoisotopic (exact) mass is 436 g/mol. The van der Waals surface area contributed by atoms with Crippen LogP contribution >= 0.6 is 23.4 Å². The van der Waals surface area contributed by atoms with Gasteiger partial charge in [-0.3, -0.25) is 9.52 Å². The lowest BCUT2D eigenvalue weighted by Gasteiger charge is -2.09. The molecule has 2 aromatic heterocycles. The molecule has 28 heavy (non-hydrogen) atoms. The summed E-state index contributed by atoms with van der Waals surface area (Å²) in [5.41, 5.74) is 0.412. The second kappa shape index (κ2) is 8.50. The van der Waals surface area contributed by atoms with Gasteiger partial charge in [-0.05, 0) is 36.6 Å². The molecule has 2 N–H and O–H groups in total. The van der Waals surface area contributed by atoms with Crippen LogP contribution in [-0.2, 0) is 10.0 Å². The first-order valence-electron chi connectivity index (χ1n) is 7.66. The van der Waals surface area contributed by atoms with E-state index in [0.717, 1.165) is 0 Å². The number of nitrogens with zero attached hydrogens (tertiary/aromatic N) is 4. The second-order valence-electron chi connectivity index (χ2n) is 5.23. The molecule has 0 atom stereocenters. The third-order valence-corrected chi connectivity index (χ3v) is 5.57. The van der Waals surface area contributed by atoms with Crippen molar-refractivity contribution in [2.75, 3.05) is 16.3 Å². The first kappa shape index (κ1) is 20.0. The van der Waals surface area contributed by atoms with Crippen molar-refractivity contribution in [3.8, 4) is 0 Å². The minimum absolute atomic E-state index is 0.00819. The van der Waals surface area contributed by atoms with Crippen LogP contribution in [0.5, 0.6) is 0 Å². The summed E-state index contributed by atoms with van der Waals surface area (Å²) >= 11 is 7.26. The van der Waals surface area contributed by atoms with E-state index in [1.165, 1.54) is 60.8 Å². The van der Waals surface area contributed by atoms with Crippen LogP contribution in [0.4, 0.5) is 11.5 Å². The van der Waals surface area contributed by atoms with Gasteiger partial charge in [-0.15, -0.1) is 0 Å². The molecule has 3 aromatic rings. The van der Waals surface area contributed by atoms with Gasteiger partial charge in [-0.1, -0.05) is 23.4 Å². The number of benzene rings is 1. The standard InChI is InChI=1S/C16H13ClN6O3S2/c1-27-16-19-8-12(17)14(22-16)15(24)21-10-2-4-11(5-3-10)28(25,26)23-13-6-7-18-9-20-13/h2-9H,1H3,(H,21,24)(H,18,20,23). The lowest BCUT2D eigenvalue weighted by molar-refractivity contribution is 0.102. The van der Waals surface area contributed by atoms with Gasteiger partial charge in [0.2, 0.25) is 0 Å².